The molecule has 0 spiro atoms. The first-order valence-corrected chi connectivity index (χ1v) is 4.91. The average molecular weight is 261 g/mol. The highest BCUT2D eigenvalue weighted by Gasteiger charge is 2.14. The second kappa shape index (κ2) is 4.58. The Morgan fingerprint density at radius 2 is 2.12 bits per heavy atom. The van der Waals surface area contributed by atoms with E-state index in [1.165, 1.54) is 24.3 Å². The van der Waals surface area contributed by atoms with Gasteiger partial charge in [0.2, 0.25) is 5.88 Å². The quantitative estimate of drug-likeness (QED) is 0.921. The fourth-order valence-corrected chi connectivity index (χ4v) is 1.49. The van der Waals surface area contributed by atoms with Crippen LogP contribution in [0.4, 0.5) is 14.7 Å². The predicted octanol–water partition coefficient (Wildman–Crippen LogP) is 3.18. The summed E-state index contributed by atoms with van der Waals surface area (Å²) >= 11 is 5.78. The van der Waals surface area contributed by atoms with Gasteiger partial charge in [-0.25, -0.2) is 0 Å². The molecule has 7 heteroatoms. The molecule has 0 unspecified atom stereocenters. The number of nitrogens with zero attached hydrogens (tertiary/aromatic N) is 1. The Morgan fingerprint density at radius 1 is 1.35 bits per heavy atom. The van der Waals surface area contributed by atoms with Gasteiger partial charge in [-0.3, -0.25) is 0 Å². The SMILES string of the molecule is Nc1cc(-c2cc(Cl)ccc2OC(F)F)no1. The average Bonchev–Trinajstić information content (AvgIpc) is 2.67. The van der Waals surface area contributed by atoms with Crippen LogP contribution >= 0.6 is 11.6 Å². The Kier molecular flexibility index (Phi) is 3.14. The normalized spacial score (nSPS) is 10.8. The second-order valence-corrected chi connectivity index (χ2v) is 3.57. The van der Waals surface area contributed by atoms with E-state index in [0.717, 1.165) is 0 Å². The molecule has 1 aromatic heterocycles. The molecule has 0 fully saturated rings. The Bertz CT molecular complexity index is 531. The van der Waals surface area contributed by atoms with Gasteiger partial charge in [-0.2, -0.15) is 8.78 Å². The van der Waals surface area contributed by atoms with Crippen LogP contribution in [0.1, 0.15) is 0 Å². The third-order valence-electron chi connectivity index (χ3n) is 1.96. The molecule has 0 saturated carbocycles. The number of nitrogen functional groups attached to an aromatic ring is 1. The van der Waals surface area contributed by atoms with Crippen molar-refractivity contribution in [3.63, 3.8) is 0 Å². The van der Waals surface area contributed by atoms with Gasteiger partial charge in [0.25, 0.3) is 0 Å². The minimum Gasteiger partial charge on any atom is -0.434 e. The molecule has 2 aromatic rings. The second-order valence-electron chi connectivity index (χ2n) is 3.13. The molecule has 90 valence electrons. The summed E-state index contributed by atoms with van der Waals surface area (Å²) in [6.45, 7) is -2.93. The van der Waals surface area contributed by atoms with E-state index in [4.69, 9.17) is 17.3 Å². The minimum absolute atomic E-state index is 0.0438. The third-order valence-corrected chi connectivity index (χ3v) is 2.20. The number of halogens is 3. The van der Waals surface area contributed by atoms with E-state index in [-0.39, 0.29) is 17.3 Å². The number of rotatable bonds is 3. The van der Waals surface area contributed by atoms with Crippen LogP contribution in [0.25, 0.3) is 11.3 Å². The zero-order valence-corrected chi connectivity index (χ0v) is 9.12. The summed E-state index contributed by atoms with van der Waals surface area (Å²) in [6.07, 6.45) is 0. The molecule has 17 heavy (non-hydrogen) atoms. The zero-order valence-electron chi connectivity index (χ0n) is 8.36. The van der Waals surface area contributed by atoms with Crippen LogP contribution in [0, 0.1) is 0 Å². The van der Waals surface area contributed by atoms with Crippen LogP contribution in [-0.4, -0.2) is 11.8 Å². The van der Waals surface area contributed by atoms with E-state index >= 15 is 0 Å². The van der Waals surface area contributed by atoms with Crippen molar-refractivity contribution in [1.29, 1.82) is 0 Å². The van der Waals surface area contributed by atoms with E-state index in [1.807, 2.05) is 0 Å². The molecule has 0 bridgehead atoms. The van der Waals surface area contributed by atoms with Crippen molar-refractivity contribution in [2.75, 3.05) is 5.73 Å². The molecule has 2 N–H and O–H groups in total. The van der Waals surface area contributed by atoms with Crippen LogP contribution in [0.2, 0.25) is 5.02 Å². The maximum absolute atomic E-state index is 12.2. The van der Waals surface area contributed by atoms with Gasteiger partial charge in [-0.1, -0.05) is 16.8 Å². The van der Waals surface area contributed by atoms with Gasteiger partial charge in [0.15, 0.2) is 0 Å². The summed E-state index contributed by atoms with van der Waals surface area (Å²) in [5.41, 5.74) is 5.92. The fourth-order valence-electron chi connectivity index (χ4n) is 1.32. The molecule has 1 aromatic carbocycles. The van der Waals surface area contributed by atoms with E-state index in [0.29, 0.717) is 10.6 Å². The van der Waals surface area contributed by atoms with Crippen molar-refractivity contribution in [1.82, 2.24) is 5.16 Å². The van der Waals surface area contributed by atoms with Gasteiger partial charge in [0.1, 0.15) is 11.4 Å². The Hall–Kier alpha value is -1.82. The molecule has 0 aliphatic rings. The molecule has 1 heterocycles. The molecular formula is C10H7ClF2N2O2. The lowest BCUT2D eigenvalue weighted by molar-refractivity contribution is -0.0494. The van der Waals surface area contributed by atoms with Crippen molar-refractivity contribution >= 4 is 17.5 Å². The maximum Gasteiger partial charge on any atom is 0.387 e. The summed E-state index contributed by atoms with van der Waals surface area (Å²) in [5.74, 6) is 0.0284. The fraction of sp³-hybridized carbons (Fsp3) is 0.100. The third kappa shape index (κ3) is 2.65. The molecule has 0 radical (unpaired) electrons. The number of ether oxygens (including phenoxy) is 1. The molecule has 0 atom stereocenters. The number of hydrogen-bond donors (Lipinski definition) is 1. The number of alkyl halides is 2. The van der Waals surface area contributed by atoms with Gasteiger partial charge < -0.3 is 15.0 Å². The van der Waals surface area contributed by atoms with E-state index in [9.17, 15) is 8.78 Å². The van der Waals surface area contributed by atoms with Crippen LogP contribution in [0.5, 0.6) is 5.75 Å². The van der Waals surface area contributed by atoms with Gasteiger partial charge >= 0.3 is 6.61 Å². The summed E-state index contributed by atoms with van der Waals surface area (Å²) in [5, 5.41) is 3.98. The van der Waals surface area contributed by atoms with Crippen LogP contribution in [0.15, 0.2) is 28.8 Å². The van der Waals surface area contributed by atoms with Crippen molar-refractivity contribution in [2.24, 2.45) is 0 Å². The lowest BCUT2D eigenvalue weighted by atomic mass is 10.1. The predicted molar refractivity (Wildman–Crippen MR) is 58.0 cm³/mol. The first kappa shape index (κ1) is 11.7. The highest BCUT2D eigenvalue weighted by atomic mass is 35.5. The Labute approximate surface area is 99.9 Å². The molecule has 2 rings (SSSR count). The standard InChI is InChI=1S/C10H7ClF2N2O2/c11-5-1-2-8(16-10(12)13)6(3-5)7-4-9(14)17-15-7/h1-4,10H,14H2. The van der Waals surface area contributed by atoms with E-state index in [2.05, 4.69) is 14.4 Å². The highest BCUT2D eigenvalue weighted by molar-refractivity contribution is 6.30. The van der Waals surface area contributed by atoms with Crippen LogP contribution in [0.3, 0.4) is 0 Å². The minimum atomic E-state index is -2.93. The number of aromatic nitrogens is 1. The molecule has 0 aliphatic carbocycles. The van der Waals surface area contributed by atoms with Crippen LogP contribution < -0.4 is 10.5 Å². The van der Waals surface area contributed by atoms with Gasteiger partial charge in [0.05, 0.1) is 0 Å². The summed E-state index contributed by atoms with van der Waals surface area (Å²) in [4.78, 5) is 0. The molecule has 4 nitrogen and oxygen atoms in total. The van der Waals surface area contributed by atoms with E-state index < -0.39 is 6.61 Å². The van der Waals surface area contributed by atoms with Crippen molar-refractivity contribution in [3.8, 4) is 17.0 Å². The number of nitrogens with two attached hydrogens (primary N) is 1. The number of hydrogen-bond acceptors (Lipinski definition) is 4. The van der Waals surface area contributed by atoms with Crippen molar-refractivity contribution in [2.45, 2.75) is 6.61 Å². The molecular weight excluding hydrogens is 254 g/mol. The highest BCUT2D eigenvalue weighted by Crippen LogP contribution is 2.33. The smallest absolute Gasteiger partial charge is 0.387 e. The lowest BCUT2D eigenvalue weighted by Gasteiger charge is -2.08. The van der Waals surface area contributed by atoms with Crippen molar-refractivity contribution in [3.05, 3.63) is 29.3 Å². The maximum atomic E-state index is 12.2. The molecule has 0 amide bonds. The number of benzene rings is 1. The lowest BCUT2D eigenvalue weighted by Crippen LogP contribution is -2.03. The van der Waals surface area contributed by atoms with Gasteiger partial charge in [-0.15, -0.1) is 0 Å². The summed E-state index contributed by atoms with van der Waals surface area (Å²) < 4.78 is 33.4. The van der Waals surface area contributed by atoms with Gasteiger partial charge in [-0.05, 0) is 18.2 Å². The topological polar surface area (TPSA) is 61.3 Å². The van der Waals surface area contributed by atoms with E-state index in [1.54, 1.807) is 0 Å². The first-order valence-electron chi connectivity index (χ1n) is 4.53. The largest absolute Gasteiger partial charge is 0.434 e. The Balaban J connectivity index is 2.46. The summed E-state index contributed by atoms with van der Waals surface area (Å²) in [7, 11) is 0. The first-order chi connectivity index (χ1) is 8.06. The molecule has 0 saturated heterocycles. The van der Waals surface area contributed by atoms with Crippen LogP contribution in [-0.2, 0) is 0 Å². The molecule has 0 aliphatic heterocycles. The Morgan fingerprint density at radius 3 is 2.71 bits per heavy atom. The monoisotopic (exact) mass is 260 g/mol. The number of anilines is 1. The zero-order chi connectivity index (χ0) is 12.4. The van der Waals surface area contributed by atoms with Crippen molar-refractivity contribution < 1.29 is 18.0 Å². The van der Waals surface area contributed by atoms with Gasteiger partial charge in [0, 0.05) is 16.7 Å². The summed E-state index contributed by atoms with van der Waals surface area (Å²) in [6, 6.07) is 5.60.